The Hall–Kier alpha value is -0.120. The predicted molar refractivity (Wildman–Crippen MR) is 50.8 cm³/mol. The van der Waals surface area contributed by atoms with E-state index in [1.807, 2.05) is 0 Å². The van der Waals surface area contributed by atoms with Crippen LogP contribution in [0.25, 0.3) is 0 Å². The van der Waals surface area contributed by atoms with Gasteiger partial charge in [0.2, 0.25) is 4.33 Å². The normalized spacial score (nSPS) is 12.2. The predicted octanol–water partition coefficient (Wildman–Crippen LogP) is 4.37. The lowest BCUT2D eigenvalue weighted by Gasteiger charge is -2.19. The van der Waals surface area contributed by atoms with Gasteiger partial charge in [0.25, 0.3) is 6.43 Å². The molecule has 0 N–H and O–H groups in total. The third-order valence-corrected chi connectivity index (χ3v) is 2.63. The van der Waals surface area contributed by atoms with Crippen LogP contribution in [0.5, 0.6) is 0 Å². The van der Waals surface area contributed by atoms with E-state index in [1.54, 1.807) is 0 Å². The Kier molecular flexibility index (Phi) is 3.56. The second-order valence-electron chi connectivity index (χ2n) is 2.55. The number of benzene rings is 1. The Morgan fingerprint density at radius 2 is 1.79 bits per heavy atom. The quantitative estimate of drug-likeness (QED) is 0.695. The van der Waals surface area contributed by atoms with Gasteiger partial charge in [-0.2, -0.15) is 0 Å². The van der Waals surface area contributed by atoms with E-state index in [2.05, 4.69) is 0 Å². The highest BCUT2D eigenvalue weighted by Crippen LogP contribution is 2.43. The van der Waals surface area contributed by atoms with Crippen molar-refractivity contribution in [2.24, 2.45) is 0 Å². The number of alkyl halides is 4. The van der Waals surface area contributed by atoms with Crippen LogP contribution in [0.4, 0.5) is 13.2 Å². The van der Waals surface area contributed by atoms with Crippen molar-refractivity contribution in [1.82, 2.24) is 0 Å². The lowest BCUT2D eigenvalue weighted by molar-refractivity contribution is 0.127. The van der Waals surface area contributed by atoms with Crippen molar-refractivity contribution in [3.63, 3.8) is 0 Å². The number of hydrogen-bond donors (Lipinski definition) is 0. The molecule has 6 heteroatoms. The van der Waals surface area contributed by atoms with Crippen molar-refractivity contribution in [1.29, 1.82) is 0 Å². The molecular weight excluding hydrogens is 259 g/mol. The van der Waals surface area contributed by atoms with Crippen molar-refractivity contribution < 1.29 is 13.2 Å². The molecule has 1 aromatic carbocycles. The maximum atomic E-state index is 12.7. The maximum absolute atomic E-state index is 12.7. The number of halogens is 6. The summed E-state index contributed by atoms with van der Waals surface area (Å²) in [6.45, 7) is 0. The van der Waals surface area contributed by atoms with Crippen molar-refractivity contribution in [2.45, 2.75) is 10.8 Å². The van der Waals surface area contributed by atoms with Crippen molar-refractivity contribution in [3.05, 3.63) is 34.6 Å². The Labute approximate surface area is 93.6 Å². The zero-order chi connectivity index (χ0) is 10.9. The molecule has 0 aliphatic heterocycles. The van der Waals surface area contributed by atoms with Gasteiger partial charge in [0.15, 0.2) is 0 Å². The first-order valence-corrected chi connectivity index (χ1v) is 4.60. The second kappa shape index (κ2) is 4.17. The van der Waals surface area contributed by atoms with E-state index in [9.17, 15) is 13.2 Å². The molecule has 0 aliphatic rings. The fourth-order valence-corrected chi connectivity index (χ4v) is 1.55. The highest BCUT2D eigenvalue weighted by Gasteiger charge is 2.39. The molecule has 0 saturated heterocycles. The van der Waals surface area contributed by atoms with Crippen molar-refractivity contribution in [3.8, 4) is 0 Å². The molecule has 1 rings (SSSR count). The van der Waals surface area contributed by atoms with Crippen molar-refractivity contribution >= 4 is 34.8 Å². The molecule has 0 nitrogen and oxygen atoms in total. The van der Waals surface area contributed by atoms with E-state index in [0.717, 1.165) is 18.2 Å². The average Bonchev–Trinajstić information content (AvgIpc) is 2.08. The van der Waals surface area contributed by atoms with Crippen LogP contribution >= 0.6 is 34.8 Å². The standard InChI is InChI=1S/C8H4Cl3F3/c9-6-2-1-4(12)3-5(6)8(10,11)7(13)14/h1-3,7H. The summed E-state index contributed by atoms with van der Waals surface area (Å²) in [6.07, 6.45) is -3.05. The lowest BCUT2D eigenvalue weighted by atomic mass is 10.1. The summed E-state index contributed by atoms with van der Waals surface area (Å²) in [5.74, 6) is -0.726. The van der Waals surface area contributed by atoms with E-state index >= 15 is 0 Å². The molecule has 0 fully saturated rings. The van der Waals surface area contributed by atoms with Crippen LogP contribution in [0, 0.1) is 5.82 Å². The van der Waals surface area contributed by atoms with Gasteiger partial charge in [-0.15, -0.1) is 0 Å². The molecule has 0 bridgehead atoms. The van der Waals surface area contributed by atoms with E-state index in [1.165, 1.54) is 0 Å². The first-order chi connectivity index (χ1) is 6.35. The zero-order valence-corrected chi connectivity index (χ0v) is 8.84. The van der Waals surface area contributed by atoms with Gasteiger partial charge in [-0.3, -0.25) is 0 Å². The Morgan fingerprint density at radius 3 is 2.29 bits per heavy atom. The molecule has 0 amide bonds. The van der Waals surface area contributed by atoms with Crippen LogP contribution in [-0.2, 0) is 4.33 Å². The molecule has 78 valence electrons. The van der Waals surface area contributed by atoms with Gasteiger partial charge in [0.1, 0.15) is 5.82 Å². The average molecular weight is 263 g/mol. The summed E-state index contributed by atoms with van der Waals surface area (Å²) < 4.78 is 35.0. The molecule has 0 spiro atoms. The molecule has 0 heterocycles. The maximum Gasteiger partial charge on any atom is 0.275 e. The second-order valence-corrected chi connectivity index (χ2v) is 4.34. The monoisotopic (exact) mass is 262 g/mol. The third-order valence-electron chi connectivity index (χ3n) is 1.56. The van der Waals surface area contributed by atoms with Crippen LogP contribution in [0.3, 0.4) is 0 Å². The molecule has 0 unspecified atom stereocenters. The summed E-state index contributed by atoms with van der Waals surface area (Å²) in [4.78, 5) is 0. The zero-order valence-electron chi connectivity index (χ0n) is 6.58. The fraction of sp³-hybridized carbons (Fsp3) is 0.250. The summed E-state index contributed by atoms with van der Waals surface area (Å²) >= 11 is 16.2. The topological polar surface area (TPSA) is 0 Å². The molecule has 0 aromatic heterocycles. The van der Waals surface area contributed by atoms with E-state index in [-0.39, 0.29) is 10.6 Å². The molecule has 0 saturated carbocycles. The van der Waals surface area contributed by atoms with E-state index in [0.29, 0.717) is 0 Å². The summed E-state index contributed by atoms with van der Waals surface area (Å²) in [7, 11) is 0. The minimum absolute atomic E-state index is 0.100. The fourth-order valence-electron chi connectivity index (χ4n) is 0.870. The van der Waals surface area contributed by atoms with Gasteiger partial charge in [0.05, 0.1) is 0 Å². The third kappa shape index (κ3) is 2.27. The van der Waals surface area contributed by atoms with Crippen molar-refractivity contribution in [2.75, 3.05) is 0 Å². The van der Waals surface area contributed by atoms with Crippen LogP contribution in [-0.4, -0.2) is 6.43 Å². The van der Waals surface area contributed by atoms with Crippen LogP contribution < -0.4 is 0 Å². The molecule has 0 aliphatic carbocycles. The van der Waals surface area contributed by atoms with Crippen LogP contribution in [0.15, 0.2) is 18.2 Å². The van der Waals surface area contributed by atoms with E-state index < -0.39 is 16.6 Å². The summed E-state index contributed by atoms with van der Waals surface area (Å²) in [5.41, 5.74) is -0.336. The van der Waals surface area contributed by atoms with Crippen LogP contribution in [0.2, 0.25) is 5.02 Å². The Morgan fingerprint density at radius 1 is 1.21 bits per heavy atom. The minimum atomic E-state index is -3.05. The largest absolute Gasteiger partial charge is 0.275 e. The van der Waals surface area contributed by atoms with Gasteiger partial charge >= 0.3 is 0 Å². The number of hydrogen-bond acceptors (Lipinski definition) is 0. The van der Waals surface area contributed by atoms with E-state index in [4.69, 9.17) is 34.8 Å². The minimum Gasteiger partial charge on any atom is -0.207 e. The summed E-state index contributed by atoms with van der Waals surface area (Å²) in [6, 6.07) is 2.93. The highest BCUT2D eigenvalue weighted by molar-refractivity contribution is 6.49. The Bertz CT molecular complexity index is 339. The molecule has 1 aromatic rings. The first-order valence-electron chi connectivity index (χ1n) is 3.47. The number of rotatable bonds is 2. The van der Waals surface area contributed by atoms with Gasteiger partial charge in [-0.1, -0.05) is 34.8 Å². The molecule has 0 radical (unpaired) electrons. The summed E-state index contributed by atoms with van der Waals surface area (Å²) in [5, 5.41) is -0.100. The smallest absolute Gasteiger partial charge is 0.207 e. The Balaban J connectivity index is 3.24. The van der Waals surface area contributed by atoms with Gasteiger partial charge in [-0.25, -0.2) is 13.2 Å². The van der Waals surface area contributed by atoms with Gasteiger partial charge < -0.3 is 0 Å². The lowest BCUT2D eigenvalue weighted by Crippen LogP contribution is -2.21. The van der Waals surface area contributed by atoms with Crippen LogP contribution in [0.1, 0.15) is 5.56 Å². The first kappa shape index (κ1) is 12.0. The molecule has 0 atom stereocenters. The molecule has 14 heavy (non-hydrogen) atoms. The highest BCUT2D eigenvalue weighted by atomic mass is 35.5. The molecular formula is C8H4Cl3F3. The van der Waals surface area contributed by atoms with Gasteiger partial charge in [0, 0.05) is 10.6 Å². The SMILES string of the molecule is Fc1ccc(Cl)c(C(Cl)(Cl)C(F)F)c1. The van der Waals surface area contributed by atoms with Gasteiger partial charge in [-0.05, 0) is 18.2 Å².